The van der Waals surface area contributed by atoms with Gasteiger partial charge in [-0.3, -0.25) is 4.57 Å². The maximum atomic E-state index is 14.1. The lowest BCUT2D eigenvalue weighted by Gasteiger charge is -2.21. The van der Waals surface area contributed by atoms with Crippen LogP contribution >= 0.6 is 24.0 Å². The lowest BCUT2D eigenvalue weighted by molar-refractivity contribution is 0.429. The number of piperidine rings is 1. The molecule has 1 saturated heterocycles. The summed E-state index contributed by atoms with van der Waals surface area (Å²) in [7, 11) is 0. The summed E-state index contributed by atoms with van der Waals surface area (Å²) in [5.74, 6) is 0.651. The third-order valence-electron chi connectivity index (χ3n) is 4.66. The minimum absolute atomic E-state index is 0. The van der Waals surface area contributed by atoms with Crippen molar-refractivity contribution < 1.29 is 4.39 Å². The number of hydrogen-bond donors (Lipinski definition) is 1. The van der Waals surface area contributed by atoms with Crippen LogP contribution in [0.4, 0.5) is 4.39 Å². The molecule has 1 aromatic heterocycles. The molecule has 2 heterocycles. The molecule has 138 valence electrons. The van der Waals surface area contributed by atoms with Crippen molar-refractivity contribution in [3.8, 4) is 0 Å². The van der Waals surface area contributed by atoms with Crippen molar-refractivity contribution in [1.29, 1.82) is 0 Å². The van der Waals surface area contributed by atoms with Crippen molar-refractivity contribution in [2.75, 3.05) is 13.1 Å². The van der Waals surface area contributed by atoms with E-state index in [1.165, 1.54) is 10.7 Å². The molecule has 2 aromatic rings. The van der Waals surface area contributed by atoms with E-state index < -0.39 is 5.82 Å². The van der Waals surface area contributed by atoms with Crippen LogP contribution in [-0.2, 0) is 13.1 Å². The van der Waals surface area contributed by atoms with E-state index in [4.69, 9.17) is 11.6 Å². The smallest absolute Gasteiger partial charge is 0.317 e. The van der Waals surface area contributed by atoms with Gasteiger partial charge in [0.25, 0.3) is 0 Å². The molecule has 8 heteroatoms. The van der Waals surface area contributed by atoms with Gasteiger partial charge in [0.1, 0.15) is 11.6 Å². The van der Waals surface area contributed by atoms with Crippen molar-refractivity contribution in [2.45, 2.75) is 45.7 Å². The number of aromatic nitrogens is 3. The second-order valence-corrected chi connectivity index (χ2v) is 6.60. The van der Waals surface area contributed by atoms with Gasteiger partial charge in [0.05, 0.1) is 11.6 Å². The van der Waals surface area contributed by atoms with Crippen molar-refractivity contribution >= 4 is 24.0 Å². The average molecular weight is 389 g/mol. The number of nitrogens with one attached hydrogen (secondary N) is 1. The summed E-state index contributed by atoms with van der Waals surface area (Å²) in [5.41, 5.74) is 0.897. The largest absolute Gasteiger partial charge is 0.346 e. The number of halogens is 3. The second-order valence-electron chi connectivity index (χ2n) is 6.22. The number of nitrogens with zero attached hydrogens (tertiary/aromatic N) is 3. The van der Waals surface area contributed by atoms with Gasteiger partial charge in [-0.25, -0.2) is 13.9 Å². The molecular formula is C17H23Cl2FN4O. The normalized spacial score (nSPS) is 15.2. The zero-order valence-electron chi connectivity index (χ0n) is 14.4. The number of aryl methyl sites for hydroxylation is 1. The van der Waals surface area contributed by atoms with Crippen molar-refractivity contribution in [1.82, 2.24) is 19.7 Å². The van der Waals surface area contributed by atoms with Crippen LogP contribution in [-0.4, -0.2) is 27.4 Å². The SMILES string of the molecule is CCn1c(C2CCNCC2)nn(Cc2c(F)ccc(C)c2Cl)c1=O.Cl. The fraction of sp³-hybridized carbons (Fsp3) is 0.529. The summed E-state index contributed by atoms with van der Waals surface area (Å²) in [6, 6.07) is 3.02. The monoisotopic (exact) mass is 388 g/mol. The first-order chi connectivity index (χ1) is 11.5. The Hall–Kier alpha value is -1.37. The van der Waals surface area contributed by atoms with Gasteiger partial charge in [0, 0.05) is 18.0 Å². The van der Waals surface area contributed by atoms with Crippen LogP contribution < -0.4 is 11.0 Å². The molecule has 1 N–H and O–H groups in total. The Labute approximate surface area is 157 Å². The Morgan fingerprint density at radius 3 is 2.68 bits per heavy atom. The lowest BCUT2D eigenvalue weighted by atomic mass is 9.97. The van der Waals surface area contributed by atoms with Crippen molar-refractivity contribution in [2.24, 2.45) is 0 Å². The van der Waals surface area contributed by atoms with E-state index in [2.05, 4.69) is 10.4 Å². The Bertz CT molecular complexity index is 797. The first-order valence-electron chi connectivity index (χ1n) is 8.34. The molecule has 1 aliphatic rings. The van der Waals surface area contributed by atoms with Crippen molar-refractivity contribution in [3.05, 3.63) is 50.4 Å². The van der Waals surface area contributed by atoms with Crippen LogP contribution in [0.2, 0.25) is 5.02 Å². The zero-order valence-corrected chi connectivity index (χ0v) is 16.0. The van der Waals surface area contributed by atoms with Gasteiger partial charge in [-0.05, 0) is 51.4 Å². The van der Waals surface area contributed by atoms with Gasteiger partial charge in [-0.2, -0.15) is 5.10 Å². The van der Waals surface area contributed by atoms with Crippen LogP contribution in [0.1, 0.15) is 42.6 Å². The summed E-state index contributed by atoms with van der Waals surface area (Å²) < 4.78 is 17.2. The molecule has 1 aromatic carbocycles. The van der Waals surface area contributed by atoms with E-state index >= 15 is 0 Å². The van der Waals surface area contributed by atoms with Gasteiger partial charge in [-0.1, -0.05) is 17.7 Å². The molecule has 1 aliphatic heterocycles. The maximum Gasteiger partial charge on any atom is 0.346 e. The molecule has 0 unspecified atom stereocenters. The highest BCUT2D eigenvalue weighted by Gasteiger charge is 2.24. The number of benzene rings is 1. The van der Waals surface area contributed by atoms with Crippen LogP contribution in [0.15, 0.2) is 16.9 Å². The Morgan fingerprint density at radius 1 is 1.36 bits per heavy atom. The van der Waals surface area contributed by atoms with Gasteiger partial charge < -0.3 is 5.32 Å². The standard InChI is InChI=1S/C17H22ClFN4O.ClH/c1-3-22-16(12-6-8-20-9-7-12)21-23(17(22)24)10-13-14(19)5-4-11(2)15(13)18;/h4-5,12,20H,3,6-10H2,1-2H3;1H. The molecule has 0 spiro atoms. The summed E-state index contributed by atoms with van der Waals surface area (Å²) in [5, 5.41) is 8.20. The molecule has 0 amide bonds. The summed E-state index contributed by atoms with van der Waals surface area (Å²) in [6.07, 6.45) is 1.91. The predicted molar refractivity (Wildman–Crippen MR) is 99.5 cm³/mol. The van der Waals surface area contributed by atoms with Gasteiger partial charge in [0.2, 0.25) is 0 Å². The third-order valence-corrected chi connectivity index (χ3v) is 5.19. The van der Waals surface area contributed by atoms with Crippen molar-refractivity contribution in [3.63, 3.8) is 0 Å². The fourth-order valence-corrected chi connectivity index (χ4v) is 3.46. The predicted octanol–water partition coefficient (Wildman–Crippen LogP) is 3.10. The van der Waals surface area contributed by atoms with Crippen LogP contribution in [0, 0.1) is 12.7 Å². The quantitative estimate of drug-likeness (QED) is 0.875. The minimum atomic E-state index is -0.410. The van der Waals surface area contributed by atoms with Gasteiger partial charge in [0.15, 0.2) is 0 Å². The van der Waals surface area contributed by atoms with Crippen LogP contribution in [0.5, 0.6) is 0 Å². The molecule has 0 atom stereocenters. The highest BCUT2D eigenvalue weighted by Crippen LogP contribution is 2.25. The molecule has 25 heavy (non-hydrogen) atoms. The summed E-state index contributed by atoms with van der Waals surface area (Å²) in [6.45, 7) is 6.21. The summed E-state index contributed by atoms with van der Waals surface area (Å²) in [4.78, 5) is 12.7. The van der Waals surface area contributed by atoms with Crippen LogP contribution in [0.3, 0.4) is 0 Å². The first kappa shape index (κ1) is 19.9. The van der Waals surface area contributed by atoms with E-state index in [0.717, 1.165) is 37.3 Å². The first-order valence-corrected chi connectivity index (χ1v) is 8.72. The zero-order chi connectivity index (χ0) is 17.3. The number of hydrogen-bond acceptors (Lipinski definition) is 3. The van der Waals surface area contributed by atoms with Crippen LogP contribution in [0.25, 0.3) is 0 Å². The van der Waals surface area contributed by atoms with E-state index in [-0.39, 0.29) is 30.6 Å². The molecule has 5 nitrogen and oxygen atoms in total. The van der Waals surface area contributed by atoms with E-state index in [9.17, 15) is 9.18 Å². The molecule has 1 fully saturated rings. The summed E-state index contributed by atoms with van der Waals surface area (Å²) >= 11 is 6.23. The van der Waals surface area contributed by atoms with Gasteiger partial charge in [-0.15, -0.1) is 12.4 Å². The highest BCUT2D eigenvalue weighted by atomic mass is 35.5. The Balaban J connectivity index is 0.00000225. The third kappa shape index (κ3) is 3.91. The Kier molecular flexibility index (Phi) is 6.65. The van der Waals surface area contributed by atoms with E-state index in [1.54, 1.807) is 10.6 Å². The second kappa shape index (κ2) is 8.34. The van der Waals surface area contributed by atoms with E-state index in [0.29, 0.717) is 17.1 Å². The molecule has 0 saturated carbocycles. The number of rotatable bonds is 4. The highest BCUT2D eigenvalue weighted by molar-refractivity contribution is 6.32. The molecular weight excluding hydrogens is 366 g/mol. The average Bonchev–Trinajstić information content (AvgIpc) is 2.91. The molecule has 0 radical (unpaired) electrons. The fourth-order valence-electron chi connectivity index (χ4n) is 3.25. The maximum absolute atomic E-state index is 14.1. The van der Waals surface area contributed by atoms with Gasteiger partial charge >= 0.3 is 5.69 Å². The van der Waals surface area contributed by atoms with E-state index in [1.807, 2.05) is 13.8 Å². The molecule has 0 aliphatic carbocycles. The molecule has 0 bridgehead atoms. The molecule has 3 rings (SSSR count). The Morgan fingerprint density at radius 2 is 2.04 bits per heavy atom. The lowest BCUT2D eigenvalue weighted by Crippen LogP contribution is -2.29. The topological polar surface area (TPSA) is 51.9 Å². The minimum Gasteiger partial charge on any atom is -0.317 e.